The number of aromatic carboxylic acids is 1. The van der Waals surface area contributed by atoms with E-state index in [0.717, 1.165) is 44.8 Å². The molecule has 0 spiro atoms. The summed E-state index contributed by atoms with van der Waals surface area (Å²) in [4.78, 5) is 23.9. The topological polar surface area (TPSA) is 120 Å². The smallest absolute Gasteiger partial charge is 0.534 e. The second-order valence-corrected chi connectivity index (χ2v) is 9.09. The van der Waals surface area contributed by atoms with Crippen LogP contribution in [0.15, 0.2) is 18.2 Å². The second-order valence-electron chi connectivity index (χ2n) is 9.09. The predicted octanol–water partition coefficient (Wildman–Crippen LogP) is 1.11. The lowest BCUT2D eigenvalue weighted by atomic mass is 9.72. The van der Waals surface area contributed by atoms with Crippen LogP contribution in [0, 0.1) is 5.92 Å². The van der Waals surface area contributed by atoms with Gasteiger partial charge in [-0.3, -0.25) is 4.79 Å². The second kappa shape index (κ2) is 10.0. The molecule has 1 heterocycles. The molecule has 1 unspecified atom stereocenters. The highest BCUT2D eigenvalue weighted by Crippen LogP contribution is 2.31. The van der Waals surface area contributed by atoms with Gasteiger partial charge in [0.2, 0.25) is 5.91 Å². The van der Waals surface area contributed by atoms with Crippen LogP contribution in [0.25, 0.3) is 0 Å². The van der Waals surface area contributed by atoms with Crippen molar-refractivity contribution in [1.29, 1.82) is 0 Å². The SMILES string of the molecule is O=C(CC1CCC(NCCNC2CC2)CC1)NC1Cc2cccc(C(=O)O)c2OB1O. The Morgan fingerprint density at radius 2 is 1.68 bits per heavy atom. The Balaban J connectivity index is 1.19. The van der Waals surface area contributed by atoms with Crippen LogP contribution in [0.3, 0.4) is 0 Å². The van der Waals surface area contributed by atoms with E-state index < -0.39 is 19.0 Å². The van der Waals surface area contributed by atoms with E-state index in [9.17, 15) is 19.7 Å². The number of benzene rings is 1. The van der Waals surface area contributed by atoms with Crippen LogP contribution in [0.4, 0.5) is 0 Å². The van der Waals surface area contributed by atoms with E-state index in [1.807, 2.05) is 0 Å². The summed E-state index contributed by atoms with van der Waals surface area (Å²) >= 11 is 0. The van der Waals surface area contributed by atoms with Gasteiger partial charge < -0.3 is 30.7 Å². The lowest BCUT2D eigenvalue weighted by Crippen LogP contribution is -2.53. The highest BCUT2D eigenvalue weighted by atomic mass is 16.5. The minimum absolute atomic E-state index is 0.0232. The number of fused-ring (bicyclic) bond motifs is 1. The van der Waals surface area contributed by atoms with Crippen molar-refractivity contribution in [3.8, 4) is 5.75 Å². The number of para-hydroxylation sites is 1. The van der Waals surface area contributed by atoms with E-state index in [0.29, 0.717) is 30.4 Å². The summed E-state index contributed by atoms with van der Waals surface area (Å²) in [5.74, 6) is -1.23. The van der Waals surface area contributed by atoms with E-state index in [1.54, 1.807) is 12.1 Å². The number of carboxylic acid groups (broad SMARTS) is 1. The third-order valence-corrected chi connectivity index (χ3v) is 6.59. The highest BCUT2D eigenvalue weighted by molar-refractivity contribution is 6.47. The Bertz CT molecular complexity index is 795. The first-order valence-electron chi connectivity index (χ1n) is 11.5. The molecule has 31 heavy (non-hydrogen) atoms. The van der Waals surface area contributed by atoms with Crippen LogP contribution in [-0.2, 0) is 11.2 Å². The summed E-state index contributed by atoms with van der Waals surface area (Å²) in [6, 6.07) is 6.14. The van der Waals surface area contributed by atoms with Gasteiger partial charge in [0, 0.05) is 31.6 Å². The first-order valence-corrected chi connectivity index (χ1v) is 11.5. The van der Waals surface area contributed by atoms with Crippen molar-refractivity contribution < 1.29 is 24.4 Å². The van der Waals surface area contributed by atoms with Gasteiger partial charge in [0.15, 0.2) is 0 Å². The third kappa shape index (κ3) is 5.99. The molecule has 0 aromatic heterocycles. The molecule has 2 aliphatic carbocycles. The molecule has 1 aliphatic heterocycles. The van der Waals surface area contributed by atoms with E-state index in [4.69, 9.17) is 4.65 Å². The van der Waals surface area contributed by atoms with Gasteiger partial charge in [-0.1, -0.05) is 12.1 Å². The van der Waals surface area contributed by atoms with Gasteiger partial charge in [-0.25, -0.2) is 4.79 Å². The van der Waals surface area contributed by atoms with Gasteiger partial charge in [-0.05, 0) is 62.5 Å². The predicted molar refractivity (Wildman–Crippen MR) is 117 cm³/mol. The molecule has 4 rings (SSSR count). The molecule has 2 saturated carbocycles. The monoisotopic (exact) mass is 429 g/mol. The van der Waals surface area contributed by atoms with Gasteiger partial charge in [0.25, 0.3) is 0 Å². The Morgan fingerprint density at radius 3 is 2.29 bits per heavy atom. The lowest BCUT2D eigenvalue weighted by Gasteiger charge is -2.31. The molecule has 0 bridgehead atoms. The molecule has 8 nitrogen and oxygen atoms in total. The van der Waals surface area contributed by atoms with E-state index in [-0.39, 0.29) is 17.2 Å². The zero-order valence-electron chi connectivity index (χ0n) is 17.8. The average molecular weight is 429 g/mol. The van der Waals surface area contributed by atoms with Crippen molar-refractivity contribution in [3.05, 3.63) is 29.3 Å². The first-order chi connectivity index (χ1) is 15.0. The van der Waals surface area contributed by atoms with Crippen LogP contribution < -0.4 is 20.6 Å². The molecule has 1 atom stereocenters. The van der Waals surface area contributed by atoms with Crippen molar-refractivity contribution in [2.75, 3.05) is 13.1 Å². The Labute approximate surface area is 183 Å². The van der Waals surface area contributed by atoms with E-state index in [2.05, 4.69) is 16.0 Å². The molecule has 3 aliphatic rings. The van der Waals surface area contributed by atoms with Crippen LogP contribution in [0.1, 0.15) is 60.9 Å². The van der Waals surface area contributed by atoms with Crippen molar-refractivity contribution in [3.63, 3.8) is 0 Å². The molecule has 5 N–H and O–H groups in total. The third-order valence-electron chi connectivity index (χ3n) is 6.59. The number of hydrogen-bond donors (Lipinski definition) is 5. The number of carbonyl (C=O) groups is 2. The van der Waals surface area contributed by atoms with E-state index >= 15 is 0 Å². The summed E-state index contributed by atoms with van der Waals surface area (Å²) in [5, 5.41) is 29.6. The molecule has 9 heteroatoms. The van der Waals surface area contributed by atoms with Gasteiger partial charge in [-0.2, -0.15) is 0 Å². The number of nitrogens with one attached hydrogen (secondary N) is 3. The number of hydrogen-bond acceptors (Lipinski definition) is 6. The van der Waals surface area contributed by atoms with E-state index in [1.165, 1.54) is 18.9 Å². The number of carboxylic acids is 1. The summed E-state index contributed by atoms with van der Waals surface area (Å²) in [7, 11) is -1.26. The van der Waals surface area contributed by atoms with Gasteiger partial charge in [0.1, 0.15) is 5.75 Å². The maximum Gasteiger partial charge on any atom is 0.547 e. The van der Waals surface area contributed by atoms with Gasteiger partial charge in [0.05, 0.1) is 11.5 Å². The fraction of sp³-hybridized carbons (Fsp3) is 0.636. The molecule has 1 aromatic carbocycles. The summed E-state index contributed by atoms with van der Waals surface area (Å²) in [5.41, 5.74) is 0.702. The lowest BCUT2D eigenvalue weighted by molar-refractivity contribution is -0.122. The van der Waals surface area contributed by atoms with Gasteiger partial charge in [-0.15, -0.1) is 0 Å². The van der Waals surface area contributed by atoms with Crippen LogP contribution in [-0.4, -0.2) is 60.2 Å². The number of amides is 1. The maximum absolute atomic E-state index is 12.6. The largest absolute Gasteiger partial charge is 0.547 e. The Hall–Kier alpha value is -2.10. The minimum Gasteiger partial charge on any atom is -0.534 e. The maximum atomic E-state index is 12.6. The van der Waals surface area contributed by atoms with Crippen molar-refractivity contribution in [2.45, 2.75) is 69.4 Å². The normalized spacial score (nSPS) is 25.5. The fourth-order valence-corrected chi connectivity index (χ4v) is 4.65. The quantitative estimate of drug-likeness (QED) is 0.295. The molecule has 168 valence electrons. The number of rotatable bonds is 9. The van der Waals surface area contributed by atoms with Gasteiger partial charge >= 0.3 is 13.1 Å². The van der Waals surface area contributed by atoms with Crippen LogP contribution in [0.5, 0.6) is 5.75 Å². The van der Waals surface area contributed by atoms with Crippen molar-refractivity contribution >= 4 is 19.0 Å². The van der Waals surface area contributed by atoms with Crippen LogP contribution >= 0.6 is 0 Å². The Kier molecular flexibility index (Phi) is 7.15. The molecular weight excluding hydrogens is 397 g/mol. The van der Waals surface area contributed by atoms with Crippen molar-refractivity contribution in [1.82, 2.24) is 16.0 Å². The highest BCUT2D eigenvalue weighted by Gasteiger charge is 2.38. The number of carbonyl (C=O) groups excluding carboxylic acids is 1. The summed E-state index contributed by atoms with van der Waals surface area (Å²) in [6.45, 7) is 2.02. The fourth-order valence-electron chi connectivity index (χ4n) is 4.65. The zero-order chi connectivity index (χ0) is 21.8. The summed E-state index contributed by atoms with van der Waals surface area (Å²) < 4.78 is 5.45. The Morgan fingerprint density at radius 1 is 1.03 bits per heavy atom. The molecule has 0 saturated heterocycles. The van der Waals surface area contributed by atoms with Crippen molar-refractivity contribution in [2.24, 2.45) is 5.92 Å². The van der Waals surface area contributed by atoms with Crippen LogP contribution in [0.2, 0.25) is 0 Å². The average Bonchev–Trinajstić information content (AvgIpc) is 3.57. The first kappa shape index (κ1) is 22.1. The standard InChI is InChI=1S/C22H32BN3O5/c27-20(12-14-4-6-16(7-5-14)24-10-11-25-17-8-9-17)26-19-13-15-2-1-3-18(22(28)29)21(15)31-23(19)30/h1-3,14,16-17,19,24-25,30H,4-13H2,(H,26,27)(H,28,29). The molecule has 1 amide bonds. The zero-order valence-corrected chi connectivity index (χ0v) is 17.8. The molecule has 1 aromatic rings. The molecular formula is C22H32BN3O5. The summed E-state index contributed by atoms with van der Waals surface area (Å²) in [6.07, 6.45) is 7.63. The molecule has 0 radical (unpaired) electrons. The molecule has 2 fully saturated rings. The minimum atomic E-state index is -1.26.